The highest BCUT2D eigenvalue weighted by atomic mass is 16.5. The molecule has 0 bridgehead atoms. The lowest BCUT2D eigenvalue weighted by molar-refractivity contribution is 0.289. The van der Waals surface area contributed by atoms with Crippen LogP contribution < -0.4 is 10.1 Å². The summed E-state index contributed by atoms with van der Waals surface area (Å²) in [6.07, 6.45) is 1.09. The maximum atomic E-state index is 5.75. The second-order valence-electron chi connectivity index (χ2n) is 6.40. The molecule has 2 nitrogen and oxygen atoms in total. The van der Waals surface area contributed by atoms with Crippen molar-refractivity contribution < 1.29 is 4.74 Å². The number of rotatable bonds is 7. The van der Waals surface area contributed by atoms with E-state index < -0.39 is 0 Å². The molecule has 2 heteroatoms. The molecule has 0 aromatic heterocycles. The van der Waals surface area contributed by atoms with Gasteiger partial charge in [-0.05, 0) is 67.1 Å². The molecule has 0 saturated carbocycles. The van der Waals surface area contributed by atoms with Crippen molar-refractivity contribution in [1.82, 2.24) is 0 Å². The minimum Gasteiger partial charge on any atom is -0.494 e. The van der Waals surface area contributed by atoms with E-state index >= 15 is 0 Å². The predicted molar refractivity (Wildman–Crippen MR) is 94.6 cm³/mol. The third-order valence-corrected chi connectivity index (χ3v) is 3.61. The second kappa shape index (κ2) is 7.88. The molecular formula is C20H27NO. The summed E-state index contributed by atoms with van der Waals surface area (Å²) in [6.45, 7) is 10.3. The van der Waals surface area contributed by atoms with Crippen LogP contribution in [-0.4, -0.2) is 6.61 Å². The van der Waals surface area contributed by atoms with Gasteiger partial charge in [0.1, 0.15) is 5.75 Å². The van der Waals surface area contributed by atoms with Crippen LogP contribution in [0.25, 0.3) is 0 Å². The standard InChI is InChI=1S/C20H27NO/c1-15(2)9-10-22-20-7-5-18(6-8-20)14-21-19-12-16(3)11-17(4)13-19/h5-8,11-13,15,21H,9-10,14H2,1-4H3. The quantitative estimate of drug-likeness (QED) is 0.744. The first-order valence-electron chi connectivity index (χ1n) is 8.07. The molecule has 1 N–H and O–H groups in total. The van der Waals surface area contributed by atoms with Crippen molar-refractivity contribution >= 4 is 5.69 Å². The normalized spacial score (nSPS) is 10.8. The van der Waals surface area contributed by atoms with Gasteiger partial charge in [0.25, 0.3) is 0 Å². The molecule has 0 unspecified atom stereocenters. The fourth-order valence-electron chi connectivity index (χ4n) is 2.40. The first-order chi connectivity index (χ1) is 10.5. The van der Waals surface area contributed by atoms with Crippen LogP contribution in [0.15, 0.2) is 42.5 Å². The topological polar surface area (TPSA) is 21.3 Å². The Bertz CT molecular complexity index is 567. The van der Waals surface area contributed by atoms with E-state index in [1.165, 1.54) is 22.4 Å². The van der Waals surface area contributed by atoms with Gasteiger partial charge in [-0.25, -0.2) is 0 Å². The van der Waals surface area contributed by atoms with Crippen molar-refractivity contribution in [2.75, 3.05) is 11.9 Å². The molecule has 2 rings (SSSR count). The van der Waals surface area contributed by atoms with Gasteiger partial charge in [-0.2, -0.15) is 0 Å². The van der Waals surface area contributed by atoms with E-state index in [-0.39, 0.29) is 0 Å². The van der Waals surface area contributed by atoms with Gasteiger partial charge in [-0.15, -0.1) is 0 Å². The molecule has 118 valence electrons. The van der Waals surface area contributed by atoms with E-state index in [2.05, 4.69) is 75.5 Å². The average molecular weight is 297 g/mol. The smallest absolute Gasteiger partial charge is 0.119 e. The maximum Gasteiger partial charge on any atom is 0.119 e. The summed E-state index contributed by atoms with van der Waals surface area (Å²) in [5.41, 5.74) is 5.01. The van der Waals surface area contributed by atoms with Crippen LogP contribution in [0.2, 0.25) is 0 Å². The summed E-state index contributed by atoms with van der Waals surface area (Å²) in [4.78, 5) is 0. The number of aryl methyl sites for hydroxylation is 2. The number of benzene rings is 2. The zero-order valence-electron chi connectivity index (χ0n) is 14.1. The van der Waals surface area contributed by atoms with Crippen LogP contribution in [0.3, 0.4) is 0 Å². The minimum absolute atomic E-state index is 0.682. The van der Waals surface area contributed by atoms with Crippen LogP contribution >= 0.6 is 0 Å². The lowest BCUT2D eigenvalue weighted by atomic mass is 10.1. The molecule has 0 radical (unpaired) electrons. The Hall–Kier alpha value is -1.96. The minimum atomic E-state index is 0.682. The molecule has 0 saturated heterocycles. The highest BCUT2D eigenvalue weighted by molar-refractivity contribution is 5.48. The van der Waals surface area contributed by atoms with Crippen LogP contribution in [-0.2, 0) is 6.54 Å². The third-order valence-electron chi connectivity index (χ3n) is 3.61. The molecule has 0 aliphatic carbocycles. The Morgan fingerprint density at radius 3 is 2.18 bits per heavy atom. The van der Waals surface area contributed by atoms with E-state index in [0.29, 0.717) is 5.92 Å². The van der Waals surface area contributed by atoms with Crippen molar-refractivity contribution in [2.45, 2.75) is 40.7 Å². The van der Waals surface area contributed by atoms with Crippen LogP contribution in [0, 0.1) is 19.8 Å². The van der Waals surface area contributed by atoms with E-state index in [4.69, 9.17) is 4.74 Å². The molecule has 2 aromatic carbocycles. The SMILES string of the molecule is Cc1cc(C)cc(NCc2ccc(OCCC(C)C)cc2)c1. The van der Waals surface area contributed by atoms with Crippen molar-refractivity contribution in [2.24, 2.45) is 5.92 Å². The lowest BCUT2D eigenvalue weighted by Gasteiger charge is -2.11. The van der Waals surface area contributed by atoms with Gasteiger partial charge in [0, 0.05) is 12.2 Å². The molecule has 0 aliphatic heterocycles. The second-order valence-corrected chi connectivity index (χ2v) is 6.40. The average Bonchev–Trinajstić information content (AvgIpc) is 2.45. The summed E-state index contributed by atoms with van der Waals surface area (Å²) in [6, 6.07) is 14.9. The lowest BCUT2D eigenvalue weighted by Crippen LogP contribution is -2.02. The Labute approximate surface area is 134 Å². The van der Waals surface area contributed by atoms with Gasteiger partial charge >= 0.3 is 0 Å². The van der Waals surface area contributed by atoms with Crippen molar-refractivity contribution in [3.05, 3.63) is 59.2 Å². The summed E-state index contributed by atoms with van der Waals surface area (Å²) >= 11 is 0. The van der Waals surface area contributed by atoms with E-state index in [1.807, 2.05) is 0 Å². The van der Waals surface area contributed by atoms with Crippen molar-refractivity contribution in [3.8, 4) is 5.75 Å². The van der Waals surface area contributed by atoms with Crippen LogP contribution in [0.1, 0.15) is 37.0 Å². The number of nitrogens with one attached hydrogen (secondary N) is 1. The van der Waals surface area contributed by atoms with Crippen LogP contribution in [0.5, 0.6) is 5.75 Å². The molecule has 0 atom stereocenters. The van der Waals surface area contributed by atoms with E-state index in [0.717, 1.165) is 25.3 Å². The largest absolute Gasteiger partial charge is 0.494 e. The molecule has 22 heavy (non-hydrogen) atoms. The molecule has 2 aromatic rings. The van der Waals surface area contributed by atoms with Gasteiger partial charge < -0.3 is 10.1 Å². The number of ether oxygens (including phenoxy) is 1. The van der Waals surface area contributed by atoms with Gasteiger partial charge in [-0.1, -0.05) is 32.0 Å². The van der Waals surface area contributed by atoms with Gasteiger partial charge in [0.05, 0.1) is 6.61 Å². The number of hydrogen-bond acceptors (Lipinski definition) is 2. The zero-order valence-corrected chi connectivity index (χ0v) is 14.1. The third kappa shape index (κ3) is 5.44. The molecule has 0 amide bonds. The van der Waals surface area contributed by atoms with Crippen molar-refractivity contribution in [1.29, 1.82) is 0 Å². The fourth-order valence-corrected chi connectivity index (χ4v) is 2.40. The summed E-state index contributed by atoms with van der Waals surface area (Å²) in [5.74, 6) is 1.64. The Balaban J connectivity index is 1.85. The van der Waals surface area contributed by atoms with Crippen LogP contribution in [0.4, 0.5) is 5.69 Å². The van der Waals surface area contributed by atoms with Gasteiger partial charge in [0.2, 0.25) is 0 Å². The Kier molecular flexibility index (Phi) is 5.88. The van der Waals surface area contributed by atoms with E-state index in [9.17, 15) is 0 Å². The number of anilines is 1. The number of hydrogen-bond donors (Lipinski definition) is 1. The molecule has 0 fully saturated rings. The monoisotopic (exact) mass is 297 g/mol. The van der Waals surface area contributed by atoms with Gasteiger partial charge in [-0.3, -0.25) is 0 Å². The summed E-state index contributed by atoms with van der Waals surface area (Å²) in [7, 11) is 0. The van der Waals surface area contributed by atoms with Crippen molar-refractivity contribution in [3.63, 3.8) is 0 Å². The zero-order chi connectivity index (χ0) is 15.9. The maximum absolute atomic E-state index is 5.75. The predicted octanol–water partition coefficient (Wildman–Crippen LogP) is 5.34. The molecular weight excluding hydrogens is 270 g/mol. The van der Waals surface area contributed by atoms with Gasteiger partial charge in [0.15, 0.2) is 0 Å². The Morgan fingerprint density at radius 2 is 1.59 bits per heavy atom. The van der Waals surface area contributed by atoms with E-state index in [1.54, 1.807) is 0 Å². The summed E-state index contributed by atoms with van der Waals surface area (Å²) < 4.78 is 5.75. The highest BCUT2D eigenvalue weighted by Crippen LogP contribution is 2.17. The first-order valence-corrected chi connectivity index (χ1v) is 8.07. The highest BCUT2D eigenvalue weighted by Gasteiger charge is 1.99. The molecule has 0 aliphatic rings. The molecule has 0 heterocycles. The first kappa shape index (κ1) is 16.4. The fraction of sp³-hybridized carbons (Fsp3) is 0.400. The summed E-state index contributed by atoms with van der Waals surface area (Å²) in [5, 5.41) is 3.48. The molecule has 0 spiro atoms. The Morgan fingerprint density at radius 1 is 0.955 bits per heavy atom.